The Morgan fingerprint density at radius 1 is 0.750 bits per heavy atom. The third-order valence-electron chi connectivity index (χ3n) is 13.3. The predicted molar refractivity (Wildman–Crippen MR) is 219 cm³/mol. The Labute approximate surface area is 310 Å². The van der Waals surface area contributed by atoms with E-state index in [1.54, 1.807) is 28.0 Å². The molecule has 0 amide bonds. The third kappa shape index (κ3) is 4.35. The van der Waals surface area contributed by atoms with Gasteiger partial charge >= 0.3 is 0 Å². The molecule has 2 nitrogen and oxygen atoms in total. The molecule has 0 bridgehead atoms. The molecule has 11 rings (SSSR count). The quantitative estimate of drug-likeness (QED) is 0.185. The molecular formula is C49H42N2S. The molecule has 5 aliphatic rings. The number of hydrogen-bond acceptors (Lipinski definition) is 3. The van der Waals surface area contributed by atoms with Gasteiger partial charge in [-0.05, 0) is 93.8 Å². The van der Waals surface area contributed by atoms with Crippen LogP contribution in [-0.4, -0.2) is 9.97 Å². The molecule has 52 heavy (non-hydrogen) atoms. The van der Waals surface area contributed by atoms with Crippen molar-refractivity contribution < 1.29 is 0 Å². The fourth-order valence-electron chi connectivity index (χ4n) is 10.7. The first kappa shape index (κ1) is 30.7. The Balaban J connectivity index is 0.981. The molecule has 2 aromatic heterocycles. The van der Waals surface area contributed by atoms with Crippen molar-refractivity contribution in [1.82, 2.24) is 9.97 Å². The Morgan fingerprint density at radius 2 is 1.54 bits per heavy atom. The summed E-state index contributed by atoms with van der Waals surface area (Å²) in [4.78, 5) is 10.4. The number of thiophene rings is 1. The van der Waals surface area contributed by atoms with Crippen LogP contribution in [0.1, 0.15) is 92.8 Å². The molecule has 0 saturated heterocycles. The first-order chi connectivity index (χ1) is 25.5. The van der Waals surface area contributed by atoms with Gasteiger partial charge in [-0.15, -0.1) is 11.3 Å². The second-order valence-corrected chi connectivity index (χ2v) is 17.4. The van der Waals surface area contributed by atoms with Crippen molar-refractivity contribution in [2.24, 2.45) is 5.92 Å². The Hall–Kier alpha value is -4.86. The summed E-state index contributed by atoms with van der Waals surface area (Å²) in [6, 6.07) is 34.4. The lowest BCUT2D eigenvalue weighted by atomic mass is 9.62. The first-order valence-electron chi connectivity index (χ1n) is 19.3. The van der Waals surface area contributed by atoms with Crippen molar-refractivity contribution in [2.75, 3.05) is 0 Å². The van der Waals surface area contributed by atoms with Crippen LogP contribution >= 0.6 is 11.3 Å². The summed E-state index contributed by atoms with van der Waals surface area (Å²) >= 11 is 1.80. The lowest BCUT2D eigenvalue weighted by molar-refractivity contribution is 0.232. The predicted octanol–water partition coefficient (Wildman–Crippen LogP) is 13.1. The highest BCUT2D eigenvalue weighted by molar-refractivity contribution is 7.26. The van der Waals surface area contributed by atoms with Gasteiger partial charge in [0.2, 0.25) is 0 Å². The molecule has 5 aliphatic carbocycles. The monoisotopic (exact) mass is 690 g/mol. The van der Waals surface area contributed by atoms with Crippen LogP contribution in [-0.2, 0) is 10.8 Å². The fourth-order valence-corrected chi connectivity index (χ4v) is 11.8. The number of benzene rings is 4. The standard InChI is InChI=1S/C49H42N2S/c1-48(2)40-27-33(23-24-35(40)37-28-38-34-15-7-9-17-39(34)49(25-11-4-12-26-49)42(38)29-41(37)48)30-19-21-31(22-20-30)44-46-45(36-16-8-10-18-43(36)52-46)51-47(50-44)32-13-5-3-6-14-32/h3,5,7-10,13,15-24,27-29,38,42H,4,6,11-12,14,25-26H2,1-2H3. The van der Waals surface area contributed by atoms with Crippen molar-refractivity contribution in [2.45, 2.75) is 75.5 Å². The number of aromatic nitrogens is 2. The lowest BCUT2D eigenvalue weighted by Gasteiger charge is -2.42. The molecule has 0 radical (unpaired) electrons. The van der Waals surface area contributed by atoms with E-state index in [-0.39, 0.29) is 5.41 Å². The Bertz CT molecular complexity index is 2580. The average Bonchev–Trinajstić information content (AvgIpc) is 3.78. The van der Waals surface area contributed by atoms with Gasteiger partial charge in [0.1, 0.15) is 0 Å². The first-order valence-corrected chi connectivity index (χ1v) is 20.2. The Morgan fingerprint density at radius 3 is 2.38 bits per heavy atom. The van der Waals surface area contributed by atoms with Crippen LogP contribution in [0.25, 0.3) is 53.8 Å². The highest BCUT2D eigenvalue weighted by Crippen LogP contribution is 2.64. The highest BCUT2D eigenvalue weighted by Gasteiger charge is 2.53. The number of fused-ring (bicyclic) bond motifs is 11. The number of nitrogens with zero attached hydrogens (tertiary/aromatic N) is 2. The van der Waals surface area contributed by atoms with Crippen LogP contribution in [0.3, 0.4) is 0 Å². The van der Waals surface area contributed by atoms with E-state index in [9.17, 15) is 0 Å². The Kier molecular flexibility index (Phi) is 6.69. The van der Waals surface area contributed by atoms with E-state index in [4.69, 9.17) is 9.97 Å². The van der Waals surface area contributed by atoms with E-state index in [1.165, 1.54) is 75.6 Å². The van der Waals surface area contributed by atoms with E-state index < -0.39 is 0 Å². The summed E-state index contributed by atoms with van der Waals surface area (Å²) in [5.74, 6) is 1.89. The van der Waals surface area contributed by atoms with E-state index in [1.807, 2.05) is 0 Å². The molecule has 1 fully saturated rings. The van der Waals surface area contributed by atoms with Crippen LogP contribution in [0, 0.1) is 5.92 Å². The van der Waals surface area contributed by atoms with Crippen LogP contribution in [0.4, 0.5) is 0 Å². The van der Waals surface area contributed by atoms with Crippen LogP contribution in [0.5, 0.6) is 0 Å². The largest absolute Gasteiger partial charge is 0.227 e. The van der Waals surface area contributed by atoms with Crippen molar-refractivity contribution in [3.63, 3.8) is 0 Å². The van der Waals surface area contributed by atoms with Crippen molar-refractivity contribution in [3.05, 3.63) is 155 Å². The van der Waals surface area contributed by atoms with Crippen LogP contribution in [0.15, 0.2) is 127 Å². The summed E-state index contributed by atoms with van der Waals surface area (Å²) in [7, 11) is 0. The average molecular weight is 691 g/mol. The van der Waals surface area contributed by atoms with E-state index >= 15 is 0 Å². The SMILES string of the molecule is CC1(C)C2=CC3C(C=C2c2ccc(-c4ccc(-c5nc(C6=CC=CCC6)nc6c5sc5ccccc56)cc4)cc21)c1ccccc1C31CCCCC1. The summed E-state index contributed by atoms with van der Waals surface area (Å²) in [6.45, 7) is 4.92. The fraction of sp³-hybridized carbons (Fsp3) is 0.265. The molecule has 4 aromatic carbocycles. The molecule has 0 N–H and O–H groups in total. The number of hydrogen-bond donors (Lipinski definition) is 0. The lowest BCUT2D eigenvalue weighted by Crippen LogP contribution is -2.35. The van der Waals surface area contributed by atoms with Gasteiger partial charge in [0.05, 0.1) is 15.9 Å². The summed E-state index contributed by atoms with van der Waals surface area (Å²) in [5.41, 5.74) is 16.3. The van der Waals surface area contributed by atoms with E-state index in [0.29, 0.717) is 17.3 Å². The van der Waals surface area contributed by atoms with Gasteiger partial charge in [-0.1, -0.05) is 142 Å². The molecule has 1 saturated carbocycles. The van der Waals surface area contributed by atoms with Gasteiger partial charge < -0.3 is 0 Å². The maximum Gasteiger partial charge on any atom is 0.156 e. The van der Waals surface area contributed by atoms with Gasteiger partial charge in [0.25, 0.3) is 0 Å². The van der Waals surface area contributed by atoms with E-state index in [2.05, 4.69) is 135 Å². The topological polar surface area (TPSA) is 25.8 Å². The smallest absolute Gasteiger partial charge is 0.156 e. The maximum absolute atomic E-state index is 5.25. The molecule has 3 heteroatoms. The van der Waals surface area contributed by atoms with Gasteiger partial charge in [0.15, 0.2) is 5.82 Å². The minimum Gasteiger partial charge on any atom is -0.227 e. The zero-order valence-electron chi connectivity index (χ0n) is 30.0. The zero-order chi connectivity index (χ0) is 34.6. The zero-order valence-corrected chi connectivity index (χ0v) is 30.8. The summed E-state index contributed by atoms with van der Waals surface area (Å²) in [6.07, 6.45) is 20.7. The minimum absolute atomic E-state index is 0.0418. The second-order valence-electron chi connectivity index (χ2n) is 16.3. The third-order valence-corrected chi connectivity index (χ3v) is 14.4. The summed E-state index contributed by atoms with van der Waals surface area (Å²) < 4.78 is 2.42. The van der Waals surface area contributed by atoms with Gasteiger partial charge in [-0.2, -0.15) is 0 Å². The number of allylic oxidation sites excluding steroid dienone is 8. The van der Waals surface area contributed by atoms with Gasteiger partial charge in [0, 0.05) is 32.4 Å². The van der Waals surface area contributed by atoms with E-state index in [0.717, 1.165) is 40.1 Å². The summed E-state index contributed by atoms with van der Waals surface area (Å²) in [5, 5.41) is 1.21. The highest BCUT2D eigenvalue weighted by atomic mass is 32.1. The van der Waals surface area contributed by atoms with Crippen molar-refractivity contribution in [1.29, 1.82) is 0 Å². The molecular weight excluding hydrogens is 649 g/mol. The van der Waals surface area contributed by atoms with Gasteiger partial charge in [-0.25, -0.2) is 9.97 Å². The molecule has 1 spiro atoms. The minimum atomic E-state index is -0.0418. The normalized spacial score (nSPS) is 22.1. The second kappa shape index (κ2) is 11.3. The molecule has 254 valence electrons. The molecule has 2 atom stereocenters. The molecule has 2 heterocycles. The number of rotatable bonds is 3. The molecule has 6 aromatic rings. The van der Waals surface area contributed by atoms with Crippen molar-refractivity contribution in [3.8, 4) is 22.4 Å². The van der Waals surface area contributed by atoms with Gasteiger partial charge in [-0.3, -0.25) is 0 Å². The molecule has 2 unspecified atom stereocenters. The van der Waals surface area contributed by atoms with Crippen molar-refractivity contribution >= 4 is 42.8 Å². The van der Waals surface area contributed by atoms with Crippen LogP contribution in [0.2, 0.25) is 0 Å². The maximum atomic E-state index is 5.25. The van der Waals surface area contributed by atoms with Crippen LogP contribution < -0.4 is 0 Å². The molecule has 0 aliphatic heterocycles.